The van der Waals surface area contributed by atoms with Gasteiger partial charge in [0.15, 0.2) is 0 Å². The zero-order valence-electron chi connectivity index (χ0n) is 11.6. The molecule has 21 heavy (non-hydrogen) atoms. The lowest BCUT2D eigenvalue weighted by molar-refractivity contribution is -0.142. The van der Waals surface area contributed by atoms with Gasteiger partial charge >= 0.3 is 5.97 Å². The first-order valence-corrected chi connectivity index (χ1v) is 6.73. The molecule has 0 aliphatic carbocycles. The topological polar surface area (TPSA) is 82.6 Å². The molecule has 1 aromatic heterocycles. The predicted octanol–water partition coefficient (Wildman–Crippen LogP) is 1.34. The Hall–Kier alpha value is -2.34. The molecule has 2 unspecified atom stereocenters. The van der Waals surface area contributed by atoms with Crippen molar-refractivity contribution >= 4 is 22.8 Å². The van der Waals surface area contributed by atoms with E-state index in [-0.39, 0.29) is 19.1 Å². The number of aromatic amines is 1. The van der Waals surface area contributed by atoms with Gasteiger partial charge in [0.25, 0.3) is 5.91 Å². The molecule has 110 valence electrons. The summed E-state index contributed by atoms with van der Waals surface area (Å²) in [5.41, 5.74) is 1.33. The van der Waals surface area contributed by atoms with E-state index in [9.17, 15) is 14.7 Å². The van der Waals surface area contributed by atoms with Crippen molar-refractivity contribution in [2.45, 2.75) is 6.04 Å². The first-order valence-electron chi connectivity index (χ1n) is 6.73. The lowest BCUT2D eigenvalue weighted by Crippen LogP contribution is -2.44. The number of carbonyl (C=O) groups excluding carboxylic acids is 1. The summed E-state index contributed by atoms with van der Waals surface area (Å²) in [5, 5.41) is 10.1. The summed E-state index contributed by atoms with van der Waals surface area (Å²) in [5.74, 6) is -1.84. The zero-order chi connectivity index (χ0) is 15.0. The Morgan fingerprint density at radius 2 is 2.10 bits per heavy atom. The van der Waals surface area contributed by atoms with Crippen molar-refractivity contribution in [1.29, 1.82) is 0 Å². The van der Waals surface area contributed by atoms with Crippen LogP contribution in [0.2, 0.25) is 0 Å². The molecule has 1 aliphatic rings. The van der Waals surface area contributed by atoms with Gasteiger partial charge in [0.2, 0.25) is 0 Å². The average molecular weight is 288 g/mol. The quantitative estimate of drug-likeness (QED) is 0.893. The molecule has 0 spiro atoms. The van der Waals surface area contributed by atoms with Gasteiger partial charge in [-0.2, -0.15) is 0 Å². The molecule has 1 aliphatic heterocycles. The maximum Gasteiger partial charge on any atom is 0.311 e. The number of amides is 1. The van der Waals surface area contributed by atoms with Crippen LogP contribution in [-0.4, -0.2) is 53.2 Å². The highest BCUT2D eigenvalue weighted by Crippen LogP contribution is 2.22. The van der Waals surface area contributed by atoms with E-state index in [0.29, 0.717) is 5.69 Å². The van der Waals surface area contributed by atoms with Gasteiger partial charge in [0.1, 0.15) is 11.6 Å². The smallest absolute Gasteiger partial charge is 0.311 e. The van der Waals surface area contributed by atoms with E-state index in [2.05, 4.69) is 4.98 Å². The average Bonchev–Trinajstić information content (AvgIpc) is 3.11. The Labute approximate surface area is 121 Å². The number of carbonyl (C=O) groups is 2. The summed E-state index contributed by atoms with van der Waals surface area (Å²) in [6, 6.07) is 8.94. The first-order chi connectivity index (χ1) is 10.1. The minimum Gasteiger partial charge on any atom is -0.481 e. The van der Waals surface area contributed by atoms with E-state index in [1.807, 2.05) is 24.3 Å². The van der Waals surface area contributed by atoms with Gasteiger partial charge in [-0.15, -0.1) is 0 Å². The van der Waals surface area contributed by atoms with Crippen LogP contribution in [0.3, 0.4) is 0 Å². The molecule has 2 aromatic rings. The number of likely N-dealkylation sites (N-methyl/N-ethyl adjacent to an activating group) is 1. The summed E-state index contributed by atoms with van der Waals surface area (Å²) < 4.78 is 5.21. The van der Waals surface area contributed by atoms with Crippen LogP contribution in [0.1, 0.15) is 10.5 Å². The maximum absolute atomic E-state index is 12.5. The monoisotopic (exact) mass is 288 g/mol. The maximum atomic E-state index is 12.5. The standard InChI is InChI=1S/C15H16N2O4/c1-17(13-8-21-7-10(13)15(19)20)14(18)12-6-9-4-2-3-5-11(9)16-12/h2-6,10,13,16H,7-8H2,1H3,(H,19,20). The van der Waals surface area contributed by atoms with E-state index in [1.54, 1.807) is 13.1 Å². The molecule has 1 aromatic carbocycles. The molecular formula is C15H16N2O4. The van der Waals surface area contributed by atoms with Crippen LogP contribution in [0.4, 0.5) is 0 Å². The minimum absolute atomic E-state index is 0.143. The number of fused-ring (bicyclic) bond motifs is 1. The van der Waals surface area contributed by atoms with Crippen LogP contribution in [0.15, 0.2) is 30.3 Å². The fourth-order valence-corrected chi connectivity index (χ4v) is 2.69. The fourth-order valence-electron chi connectivity index (χ4n) is 2.69. The second-order valence-electron chi connectivity index (χ2n) is 5.24. The molecule has 0 bridgehead atoms. The van der Waals surface area contributed by atoms with Crippen molar-refractivity contribution in [2.75, 3.05) is 20.3 Å². The van der Waals surface area contributed by atoms with Gasteiger partial charge < -0.3 is 19.7 Å². The molecule has 1 saturated heterocycles. The van der Waals surface area contributed by atoms with E-state index in [4.69, 9.17) is 4.74 Å². The SMILES string of the molecule is CN(C(=O)c1cc2ccccc2[nH]1)C1COCC1C(=O)O. The highest BCUT2D eigenvalue weighted by molar-refractivity contribution is 5.98. The first kappa shape index (κ1) is 13.6. The molecule has 0 saturated carbocycles. The van der Waals surface area contributed by atoms with Crippen LogP contribution in [0, 0.1) is 5.92 Å². The minimum atomic E-state index is -0.936. The van der Waals surface area contributed by atoms with Gasteiger partial charge in [0.05, 0.1) is 19.3 Å². The Morgan fingerprint density at radius 1 is 1.33 bits per heavy atom. The Kier molecular flexibility index (Phi) is 3.39. The van der Waals surface area contributed by atoms with Gasteiger partial charge in [0, 0.05) is 18.0 Å². The second-order valence-corrected chi connectivity index (χ2v) is 5.24. The third-order valence-corrected chi connectivity index (χ3v) is 3.95. The molecule has 3 rings (SSSR count). The van der Waals surface area contributed by atoms with Gasteiger partial charge in [-0.3, -0.25) is 9.59 Å². The van der Waals surface area contributed by atoms with Crippen LogP contribution >= 0.6 is 0 Å². The van der Waals surface area contributed by atoms with Crippen molar-refractivity contribution < 1.29 is 19.4 Å². The fraction of sp³-hybridized carbons (Fsp3) is 0.333. The van der Waals surface area contributed by atoms with E-state index in [0.717, 1.165) is 10.9 Å². The molecule has 0 radical (unpaired) electrons. The number of para-hydroxylation sites is 1. The summed E-state index contributed by atoms with van der Waals surface area (Å²) in [7, 11) is 1.61. The van der Waals surface area contributed by atoms with Crippen LogP contribution < -0.4 is 0 Å². The highest BCUT2D eigenvalue weighted by atomic mass is 16.5. The third kappa shape index (κ3) is 2.38. The molecule has 1 amide bonds. The van der Waals surface area contributed by atoms with Crippen molar-refractivity contribution in [1.82, 2.24) is 9.88 Å². The van der Waals surface area contributed by atoms with Crippen LogP contribution in [-0.2, 0) is 9.53 Å². The number of aliphatic carboxylic acids is 1. The number of ether oxygens (including phenoxy) is 1. The zero-order valence-corrected chi connectivity index (χ0v) is 11.6. The summed E-state index contributed by atoms with van der Waals surface area (Å²) >= 11 is 0. The van der Waals surface area contributed by atoms with Gasteiger partial charge in [-0.05, 0) is 12.1 Å². The molecular weight excluding hydrogens is 272 g/mol. The van der Waals surface area contributed by atoms with Crippen LogP contribution in [0.5, 0.6) is 0 Å². The Balaban J connectivity index is 1.85. The number of H-pyrrole nitrogens is 1. The van der Waals surface area contributed by atoms with E-state index < -0.39 is 17.9 Å². The lowest BCUT2D eigenvalue weighted by Gasteiger charge is -2.25. The number of aromatic nitrogens is 1. The summed E-state index contributed by atoms with van der Waals surface area (Å²) in [6.07, 6.45) is 0. The normalized spacial score (nSPS) is 21.6. The number of nitrogens with zero attached hydrogens (tertiary/aromatic N) is 1. The number of benzene rings is 1. The number of nitrogens with one attached hydrogen (secondary N) is 1. The molecule has 2 heterocycles. The van der Waals surface area contributed by atoms with Crippen molar-refractivity contribution in [3.05, 3.63) is 36.0 Å². The van der Waals surface area contributed by atoms with Crippen molar-refractivity contribution in [2.24, 2.45) is 5.92 Å². The van der Waals surface area contributed by atoms with Crippen molar-refractivity contribution in [3.8, 4) is 0 Å². The van der Waals surface area contributed by atoms with Crippen molar-refractivity contribution in [3.63, 3.8) is 0 Å². The lowest BCUT2D eigenvalue weighted by atomic mass is 10.0. The van der Waals surface area contributed by atoms with Crippen LogP contribution in [0.25, 0.3) is 10.9 Å². The molecule has 1 fully saturated rings. The van der Waals surface area contributed by atoms with E-state index in [1.165, 1.54) is 4.90 Å². The van der Waals surface area contributed by atoms with E-state index >= 15 is 0 Å². The number of hydrogen-bond acceptors (Lipinski definition) is 3. The molecule has 2 atom stereocenters. The second kappa shape index (κ2) is 5.21. The number of rotatable bonds is 3. The Bertz CT molecular complexity index is 661. The summed E-state index contributed by atoms with van der Waals surface area (Å²) in [4.78, 5) is 28.2. The number of carboxylic acid groups (broad SMARTS) is 1. The summed E-state index contributed by atoms with van der Waals surface area (Å²) in [6.45, 7) is 0.393. The third-order valence-electron chi connectivity index (χ3n) is 3.95. The molecule has 6 nitrogen and oxygen atoms in total. The highest BCUT2D eigenvalue weighted by Gasteiger charge is 2.38. The number of carboxylic acids is 1. The molecule has 6 heteroatoms. The van der Waals surface area contributed by atoms with Gasteiger partial charge in [-0.25, -0.2) is 0 Å². The largest absolute Gasteiger partial charge is 0.481 e. The Morgan fingerprint density at radius 3 is 2.81 bits per heavy atom. The predicted molar refractivity (Wildman–Crippen MR) is 76.1 cm³/mol. The number of hydrogen-bond donors (Lipinski definition) is 2. The van der Waals surface area contributed by atoms with Gasteiger partial charge in [-0.1, -0.05) is 18.2 Å². The molecule has 2 N–H and O–H groups in total.